The Balaban J connectivity index is 1.47. The number of urea groups is 1. The van der Waals surface area contributed by atoms with Gasteiger partial charge >= 0.3 is 12.0 Å². The van der Waals surface area contributed by atoms with Crippen LogP contribution in [0.5, 0.6) is 11.5 Å². The monoisotopic (exact) mass is 368 g/mol. The minimum Gasteiger partial charge on any atom is -0.486 e. The van der Waals surface area contributed by atoms with E-state index in [0.717, 1.165) is 5.56 Å². The molecule has 1 fully saturated rings. The number of rotatable bonds is 4. The molecule has 25 heavy (non-hydrogen) atoms. The van der Waals surface area contributed by atoms with Gasteiger partial charge in [-0.05, 0) is 37.0 Å². The second-order valence-electron chi connectivity index (χ2n) is 6.18. The number of carbonyl (C=O) groups is 2. The van der Waals surface area contributed by atoms with Crippen molar-refractivity contribution >= 4 is 23.6 Å². The molecule has 0 aliphatic carbocycles. The van der Waals surface area contributed by atoms with Crippen LogP contribution < -0.4 is 14.8 Å². The van der Waals surface area contributed by atoms with Gasteiger partial charge in [0.1, 0.15) is 13.2 Å². The molecular weight excluding hydrogens is 348 g/mol. The number of ether oxygens (including phenoxy) is 2. The van der Waals surface area contributed by atoms with E-state index < -0.39 is 5.97 Å². The second kappa shape index (κ2) is 7.82. The van der Waals surface area contributed by atoms with Gasteiger partial charge in [-0.15, -0.1) is 0 Å². The molecule has 7 nitrogen and oxygen atoms in total. The van der Waals surface area contributed by atoms with Gasteiger partial charge in [-0.1, -0.05) is 11.6 Å². The van der Waals surface area contributed by atoms with E-state index in [0.29, 0.717) is 68.6 Å². The van der Waals surface area contributed by atoms with Crippen molar-refractivity contribution < 1.29 is 24.2 Å². The van der Waals surface area contributed by atoms with Crippen LogP contribution in [-0.2, 0) is 11.2 Å². The third-order valence-electron chi connectivity index (χ3n) is 4.48. The summed E-state index contributed by atoms with van der Waals surface area (Å²) in [5.74, 6) is 0.0808. The molecule has 0 saturated carbocycles. The zero-order valence-corrected chi connectivity index (χ0v) is 14.6. The molecule has 0 radical (unpaired) electrons. The molecule has 0 aromatic heterocycles. The fourth-order valence-electron chi connectivity index (χ4n) is 3.06. The average molecular weight is 369 g/mol. The maximum atomic E-state index is 12.2. The summed E-state index contributed by atoms with van der Waals surface area (Å²) in [4.78, 5) is 24.8. The van der Waals surface area contributed by atoms with Gasteiger partial charge in [-0.2, -0.15) is 0 Å². The first-order valence-corrected chi connectivity index (χ1v) is 8.76. The molecule has 0 spiro atoms. The van der Waals surface area contributed by atoms with Crippen LogP contribution in [0.4, 0.5) is 4.79 Å². The number of amides is 2. The number of carboxylic acids is 1. The number of benzene rings is 1. The fraction of sp³-hybridized carbons (Fsp3) is 0.529. The van der Waals surface area contributed by atoms with Crippen molar-refractivity contribution in [2.75, 3.05) is 32.8 Å². The molecule has 0 bridgehead atoms. The van der Waals surface area contributed by atoms with E-state index in [1.165, 1.54) is 0 Å². The Morgan fingerprint density at radius 2 is 1.96 bits per heavy atom. The van der Waals surface area contributed by atoms with Crippen LogP contribution in [0.3, 0.4) is 0 Å². The van der Waals surface area contributed by atoms with Crippen LogP contribution in [0.25, 0.3) is 0 Å². The molecule has 8 heteroatoms. The van der Waals surface area contributed by atoms with E-state index in [1.807, 2.05) is 12.1 Å². The normalized spacial score (nSPS) is 17.2. The summed E-state index contributed by atoms with van der Waals surface area (Å²) in [6.07, 6.45) is 1.62. The number of carboxylic acid groups (broad SMARTS) is 1. The summed E-state index contributed by atoms with van der Waals surface area (Å²) < 4.78 is 11.0. The van der Waals surface area contributed by atoms with Gasteiger partial charge in [0, 0.05) is 19.6 Å². The summed E-state index contributed by atoms with van der Waals surface area (Å²) >= 11 is 6.20. The maximum absolute atomic E-state index is 12.2. The standard InChI is InChI=1S/C17H21ClN2O5/c18-13-9-11(10-14-15(13)25-8-7-24-14)1-4-19-17(23)20-5-2-12(3-6-20)16(21)22/h9-10,12H,1-8H2,(H,19,23)(H,21,22). The molecular formula is C17H21ClN2O5. The highest BCUT2D eigenvalue weighted by Gasteiger charge is 2.26. The van der Waals surface area contributed by atoms with Gasteiger partial charge < -0.3 is 24.8 Å². The summed E-state index contributed by atoms with van der Waals surface area (Å²) in [6.45, 7) is 2.39. The topological polar surface area (TPSA) is 88.1 Å². The van der Waals surface area contributed by atoms with Gasteiger partial charge in [0.25, 0.3) is 0 Å². The lowest BCUT2D eigenvalue weighted by molar-refractivity contribution is -0.143. The van der Waals surface area contributed by atoms with E-state index >= 15 is 0 Å². The Labute approximate surface area is 150 Å². The molecule has 2 aliphatic heterocycles. The van der Waals surface area contributed by atoms with Crippen LogP contribution in [0.2, 0.25) is 5.02 Å². The number of fused-ring (bicyclic) bond motifs is 1. The van der Waals surface area contributed by atoms with E-state index in [2.05, 4.69) is 5.32 Å². The summed E-state index contributed by atoms with van der Waals surface area (Å²) in [5.41, 5.74) is 0.958. The summed E-state index contributed by atoms with van der Waals surface area (Å²) in [6, 6.07) is 3.54. The number of aliphatic carboxylic acids is 1. The van der Waals surface area contributed by atoms with Crippen molar-refractivity contribution in [2.24, 2.45) is 5.92 Å². The van der Waals surface area contributed by atoms with Crippen molar-refractivity contribution in [3.8, 4) is 11.5 Å². The van der Waals surface area contributed by atoms with Crippen molar-refractivity contribution in [1.29, 1.82) is 0 Å². The molecule has 3 rings (SSSR count). The van der Waals surface area contributed by atoms with Crippen molar-refractivity contribution in [3.05, 3.63) is 22.7 Å². The minimum atomic E-state index is -0.782. The average Bonchev–Trinajstić information content (AvgIpc) is 2.62. The highest BCUT2D eigenvalue weighted by molar-refractivity contribution is 6.32. The van der Waals surface area contributed by atoms with Crippen LogP contribution in [0.15, 0.2) is 12.1 Å². The van der Waals surface area contributed by atoms with E-state index in [-0.39, 0.29) is 11.9 Å². The summed E-state index contributed by atoms with van der Waals surface area (Å²) in [7, 11) is 0. The largest absolute Gasteiger partial charge is 0.486 e. The van der Waals surface area contributed by atoms with Gasteiger partial charge in [0.15, 0.2) is 11.5 Å². The van der Waals surface area contributed by atoms with Crippen molar-refractivity contribution in [1.82, 2.24) is 10.2 Å². The number of halogens is 1. The van der Waals surface area contributed by atoms with Gasteiger partial charge in [-0.3, -0.25) is 4.79 Å². The SMILES string of the molecule is O=C(O)C1CCN(C(=O)NCCc2cc(Cl)c3c(c2)OCCO3)CC1. The molecule has 1 saturated heterocycles. The Kier molecular flexibility index (Phi) is 5.53. The Hall–Kier alpha value is -2.15. The second-order valence-corrected chi connectivity index (χ2v) is 6.59. The van der Waals surface area contributed by atoms with Crippen molar-refractivity contribution in [3.63, 3.8) is 0 Å². The lowest BCUT2D eigenvalue weighted by atomic mass is 9.97. The number of hydrogen-bond donors (Lipinski definition) is 2. The lowest BCUT2D eigenvalue weighted by Crippen LogP contribution is -2.45. The number of piperidine rings is 1. The Bertz CT molecular complexity index is 659. The molecule has 136 valence electrons. The Morgan fingerprint density at radius 1 is 1.24 bits per heavy atom. The Morgan fingerprint density at radius 3 is 2.68 bits per heavy atom. The number of hydrogen-bond acceptors (Lipinski definition) is 4. The van der Waals surface area contributed by atoms with Gasteiger partial charge in [0.2, 0.25) is 0 Å². The smallest absolute Gasteiger partial charge is 0.317 e. The van der Waals surface area contributed by atoms with Crippen LogP contribution in [0.1, 0.15) is 18.4 Å². The molecule has 2 aliphatic rings. The molecule has 2 amide bonds. The van der Waals surface area contributed by atoms with Crippen LogP contribution in [-0.4, -0.2) is 54.9 Å². The summed E-state index contributed by atoms with van der Waals surface area (Å²) in [5, 5.41) is 12.4. The third-order valence-corrected chi connectivity index (χ3v) is 4.76. The zero-order valence-electron chi connectivity index (χ0n) is 13.8. The first-order valence-electron chi connectivity index (χ1n) is 8.38. The van der Waals surface area contributed by atoms with Gasteiger partial charge in [-0.25, -0.2) is 4.79 Å². The number of nitrogens with zero attached hydrogens (tertiary/aromatic N) is 1. The molecule has 2 N–H and O–H groups in total. The number of carbonyl (C=O) groups excluding carboxylic acids is 1. The molecule has 2 heterocycles. The minimum absolute atomic E-state index is 0.160. The molecule has 0 atom stereocenters. The predicted octanol–water partition coefficient (Wildman–Crippen LogP) is 2.16. The quantitative estimate of drug-likeness (QED) is 0.850. The van der Waals surface area contributed by atoms with E-state index in [9.17, 15) is 9.59 Å². The molecule has 1 aromatic carbocycles. The fourth-order valence-corrected chi connectivity index (χ4v) is 3.35. The molecule has 0 unspecified atom stereocenters. The van der Waals surface area contributed by atoms with Crippen LogP contribution >= 0.6 is 11.6 Å². The van der Waals surface area contributed by atoms with E-state index in [1.54, 1.807) is 4.90 Å². The van der Waals surface area contributed by atoms with Crippen LogP contribution in [0, 0.1) is 5.92 Å². The number of likely N-dealkylation sites (tertiary alicyclic amines) is 1. The number of nitrogens with one attached hydrogen (secondary N) is 1. The first kappa shape index (κ1) is 17.7. The molecule has 1 aromatic rings. The predicted molar refractivity (Wildman–Crippen MR) is 91.5 cm³/mol. The highest BCUT2D eigenvalue weighted by Crippen LogP contribution is 2.38. The highest BCUT2D eigenvalue weighted by atomic mass is 35.5. The maximum Gasteiger partial charge on any atom is 0.317 e. The first-order chi connectivity index (χ1) is 12.0. The lowest BCUT2D eigenvalue weighted by Gasteiger charge is -2.30. The van der Waals surface area contributed by atoms with Crippen molar-refractivity contribution in [2.45, 2.75) is 19.3 Å². The van der Waals surface area contributed by atoms with E-state index in [4.69, 9.17) is 26.2 Å². The third kappa shape index (κ3) is 4.28. The zero-order chi connectivity index (χ0) is 17.8. The van der Waals surface area contributed by atoms with Gasteiger partial charge in [0.05, 0.1) is 10.9 Å².